The van der Waals surface area contributed by atoms with Gasteiger partial charge in [0, 0.05) is 6.42 Å². The van der Waals surface area contributed by atoms with Gasteiger partial charge in [-0.25, -0.2) is 24.2 Å². The monoisotopic (exact) mass is 717 g/mol. The van der Waals surface area contributed by atoms with Gasteiger partial charge in [0.1, 0.15) is 17.4 Å². The van der Waals surface area contributed by atoms with E-state index in [0.717, 1.165) is 0 Å². The Morgan fingerprint density at radius 2 is 1.48 bits per heavy atom. The molecule has 3 aromatic rings. The molecule has 2 aromatic heterocycles. The molecule has 2 amide bonds. The van der Waals surface area contributed by atoms with Crippen molar-refractivity contribution < 1.29 is 47.6 Å². The highest BCUT2D eigenvalue weighted by Crippen LogP contribution is 2.35. The van der Waals surface area contributed by atoms with Crippen molar-refractivity contribution in [1.82, 2.24) is 19.5 Å². The third-order valence-electron chi connectivity index (χ3n) is 7.16. The molecule has 272 valence electrons. The first-order chi connectivity index (χ1) is 23.5. The molecule has 15 nitrogen and oxygen atoms in total. The Balaban J connectivity index is 1.63. The van der Waals surface area contributed by atoms with Crippen molar-refractivity contribution in [2.75, 3.05) is 24.7 Å². The molecule has 50 heavy (non-hydrogen) atoms. The predicted molar refractivity (Wildman–Crippen MR) is 181 cm³/mol. The molecule has 2 atom stereocenters. The van der Waals surface area contributed by atoms with E-state index in [1.165, 1.54) is 6.33 Å². The third kappa shape index (κ3) is 9.25. The molecular weight excluding hydrogens is 674 g/mol. The molecule has 16 heteroatoms. The highest BCUT2D eigenvalue weighted by atomic mass is 35.5. The molecule has 3 heterocycles. The quantitative estimate of drug-likeness (QED) is 0.0986. The van der Waals surface area contributed by atoms with Gasteiger partial charge in [0.05, 0.1) is 32.3 Å². The van der Waals surface area contributed by atoms with E-state index in [0.29, 0.717) is 23.3 Å². The average molecular weight is 718 g/mol. The van der Waals surface area contributed by atoms with Crippen LogP contribution in [0.1, 0.15) is 80.0 Å². The number of amides is 2. The molecule has 1 aliphatic rings. The molecule has 1 saturated heterocycles. The van der Waals surface area contributed by atoms with Gasteiger partial charge in [-0.3, -0.25) is 4.57 Å². The van der Waals surface area contributed by atoms with E-state index in [-0.39, 0.29) is 48.5 Å². The molecule has 0 saturated carbocycles. The molecular formula is C34H44ClN5O10. The lowest BCUT2D eigenvalue weighted by atomic mass is 9.94. The van der Waals surface area contributed by atoms with E-state index in [4.69, 9.17) is 40.0 Å². The first-order valence-electron chi connectivity index (χ1n) is 16.3. The summed E-state index contributed by atoms with van der Waals surface area (Å²) in [5.41, 5.74) is -3.09. The Morgan fingerprint density at radius 3 is 2.02 bits per heavy atom. The van der Waals surface area contributed by atoms with Gasteiger partial charge in [-0.15, -0.1) is 0 Å². The Kier molecular flexibility index (Phi) is 12.1. The van der Waals surface area contributed by atoms with Gasteiger partial charge in [-0.1, -0.05) is 30.3 Å². The SMILES string of the molecule is CCOC(=O)C(Cc1ccccc1)(OCC1CCC(n2cnc3c(N(C(=O)OC(C)(C)C)C(=O)OC(C)(C)C)nc(Cl)nc32)O1)C(=O)OCC. The third-order valence-corrected chi connectivity index (χ3v) is 7.33. The van der Waals surface area contributed by atoms with E-state index in [9.17, 15) is 19.2 Å². The van der Waals surface area contributed by atoms with Crippen molar-refractivity contribution >= 4 is 52.7 Å². The van der Waals surface area contributed by atoms with Crippen LogP contribution in [0.4, 0.5) is 15.4 Å². The maximum absolute atomic E-state index is 13.4. The summed E-state index contributed by atoms with van der Waals surface area (Å²) in [4.78, 5) is 67.0. The minimum Gasteiger partial charge on any atom is -0.463 e. The maximum Gasteiger partial charge on any atom is 0.425 e. The van der Waals surface area contributed by atoms with Crippen LogP contribution in [-0.4, -0.2) is 86.4 Å². The van der Waals surface area contributed by atoms with Crippen molar-refractivity contribution in [1.29, 1.82) is 0 Å². The van der Waals surface area contributed by atoms with Crippen LogP contribution in [0.25, 0.3) is 11.2 Å². The Bertz CT molecular complexity index is 1640. The summed E-state index contributed by atoms with van der Waals surface area (Å²) >= 11 is 6.34. The smallest absolute Gasteiger partial charge is 0.425 e. The number of hydrogen-bond donors (Lipinski definition) is 0. The van der Waals surface area contributed by atoms with E-state index in [1.54, 1.807) is 84.2 Å². The van der Waals surface area contributed by atoms with Gasteiger partial charge >= 0.3 is 24.1 Å². The summed E-state index contributed by atoms with van der Waals surface area (Å²) in [7, 11) is 0. The molecule has 0 bridgehead atoms. The summed E-state index contributed by atoms with van der Waals surface area (Å²) < 4.78 is 35.6. The molecule has 2 unspecified atom stereocenters. The summed E-state index contributed by atoms with van der Waals surface area (Å²) in [5.74, 6) is -1.97. The molecule has 1 aromatic carbocycles. The zero-order valence-corrected chi connectivity index (χ0v) is 30.3. The molecule has 1 aliphatic heterocycles. The molecule has 4 rings (SSSR count). The second kappa shape index (κ2) is 15.7. The normalized spacial score (nSPS) is 16.6. The lowest BCUT2D eigenvalue weighted by Gasteiger charge is -2.30. The van der Waals surface area contributed by atoms with Gasteiger partial charge in [0.15, 0.2) is 17.0 Å². The predicted octanol–water partition coefficient (Wildman–Crippen LogP) is 5.96. The number of ether oxygens (including phenoxy) is 6. The number of anilines is 1. The van der Waals surface area contributed by atoms with E-state index >= 15 is 0 Å². The Labute approximate surface area is 295 Å². The summed E-state index contributed by atoms with van der Waals surface area (Å²) in [6.07, 6.45) is -1.11. The van der Waals surface area contributed by atoms with E-state index in [1.807, 2.05) is 6.07 Å². The minimum atomic E-state index is -2.07. The van der Waals surface area contributed by atoms with Gasteiger partial charge in [0.25, 0.3) is 5.60 Å². The number of fused-ring (bicyclic) bond motifs is 1. The van der Waals surface area contributed by atoms with Crippen molar-refractivity contribution in [3.05, 3.63) is 47.5 Å². The zero-order chi connectivity index (χ0) is 36.9. The number of aromatic nitrogens is 4. The standard InChI is InChI=1S/C34H44ClN5O10/c1-9-45-27(41)34(28(42)46-10-2,18-21-14-12-11-13-15-21)47-19-22-16-17-23(48-22)39-20-36-24-25(39)37-29(35)38-26(24)40(30(43)49-32(3,4)5)31(44)50-33(6,7)8/h11-15,20,22-23H,9-10,16-19H2,1-8H3. The van der Waals surface area contributed by atoms with Gasteiger partial charge in [-0.05, 0) is 85.4 Å². The largest absolute Gasteiger partial charge is 0.463 e. The molecule has 1 fully saturated rings. The van der Waals surface area contributed by atoms with Crippen LogP contribution >= 0.6 is 11.6 Å². The molecule has 0 radical (unpaired) electrons. The molecule has 0 aliphatic carbocycles. The number of halogens is 1. The first kappa shape index (κ1) is 38.5. The second-order valence-electron chi connectivity index (χ2n) is 13.5. The van der Waals surface area contributed by atoms with E-state index < -0.39 is 53.3 Å². The van der Waals surface area contributed by atoms with Crippen molar-refractivity contribution in [3.8, 4) is 0 Å². The van der Waals surface area contributed by atoms with Crippen LogP contribution in [-0.2, 0) is 44.4 Å². The number of benzene rings is 1. The number of rotatable bonds is 11. The van der Waals surface area contributed by atoms with Crippen LogP contribution in [0, 0.1) is 0 Å². The average Bonchev–Trinajstić information content (AvgIpc) is 3.65. The zero-order valence-electron chi connectivity index (χ0n) is 29.6. The van der Waals surface area contributed by atoms with Crippen molar-refractivity contribution in [3.63, 3.8) is 0 Å². The fourth-order valence-corrected chi connectivity index (χ4v) is 5.29. The Morgan fingerprint density at radius 1 is 0.900 bits per heavy atom. The lowest BCUT2D eigenvalue weighted by molar-refractivity contribution is -0.195. The maximum atomic E-state index is 13.4. The Hall–Kier alpha value is -4.34. The van der Waals surface area contributed by atoms with Crippen LogP contribution < -0.4 is 4.90 Å². The van der Waals surface area contributed by atoms with Gasteiger partial charge in [0.2, 0.25) is 5.28 Å². The van der Waals surface area contributed by atoms with Crippen LogP contribution in [0.2, 0.25) is 5.28 Å². The number of hydrogen-bond acceptors (Lipinski definition) is 13. The van der Waals surface area contributed by atoms with Crippen molar-refractivity contribution in [2.24, 2.45) is 0 Å². The summed E-state index contributed by atoms with van der Waals surface area (Å²) in [6.45, 7) is 13.1. The fraction of sp³-hybridized carbons (Fsp3) is 0.559. The highest BCUT2D eigenvalue weighted by molar-refractivity contribution is 6.29. The molecule has 0 spiro atoms. The van der Waals surface area contributed by atoms with Gasteiger partial charge in [-0.2, -0.15) is 14.9 Å². The number of carbonyl (C=O) groups is 4. The summed E-state index contributed by atoms with van der Waals surface area (Å²) in [5, 5.41) is -0.279. The number of imidazole rings is 1. The van der Waals surface area contributed by atoms with E-state index in [2.05, 4.69) is 15.0 Å². The topological polar surface area (TPSA) is 170 Å². The summed E-state index contributed by atoms with van der Waals surface area (Å²) in [6, 6.07) is 8.95. The number of nitrogens with zero attached hydrogens (tertiary/aromatic N) is 5. The first-order valence-corrected chi connectivity index (χ1v) is 16.7. The molecule has 0 N–H and O–H groups in total. The van der Waals surface area contributed by atoms with Crippen molar-refractivity contribution in [2.45, 2.75) is 104 Å². The number of imide groups is 1. The number of esters is 2. The van der Waals surface area contributed by atoms with Gasteiger partial charge < -0.3 is 28.4 Å². The van der Waals surface area contributed by atoms with Crippen LogP contribution in [0.5, 0.6) is 0 Å². The minimum absolute atomic E-state index is 0.0273. The lowest BCUT2D eigenvalue weighted by Crippen LogP contribution is -2.54. The second-order valence-corrected chi connectivity index (χ2v) is 13.8. The fourth-order valence-electron chi connectivity index (χ4n) is 5.13. The van der Waals surface area contributed by atoms with Crippen LogP contribution in [0.15, 0.2) is 36.7 Å². The number of carbonyl (C=O) groups excluding carboxylic acids is 4. The highest BCUT2D eigenvalue weighted by Gasteiger charge is 2.51. The van der Waals surface area contributed by atoms with Crippen LogP contribution in [0.3, 0.4) is 0 Å².